The molecule has 1 aliphatic carbocycles. The van der Waals surface area contributed by atoms with Crippen LogP contribution in [0, 0.1) is 0 Å². The van der Waals surface area contributed by atoms with Gasteiger partial charge in [-0.3, -0.25) is 0 Å². The van der Waals surface area contributed by atoms with Crippen LogP contribution in [-0.4, -0.2) is 136 Å². The lowest BCUT2D eigenvalue weighted by Crippen LogP contribution is -2.69. The second-order valence-corrected chi connectivity index (χ2v) is 9.30. The van der Waals surface area contributed by atoms with E-state index in [-0.39, 0.29) is 19.6 Å². The van der Waals surface area contributed by atoms with Gasteiger partial charge in [0.1, 0.15) is 54.4 Å². The molecular formula is C19H38N4O10. The number of hydrogen-bond acceptors (Lipinski definition) is 14. The quantitative estimate of drug-likeness (QED) is 0.169. The lowest BCUT2D eigenvalue weighted by molar-refractivity contribution is -0.329. The van der Waals surface area contributed by atoms with Crippen molar-refractivity contribution < 1.29 is 49.6 Å². The van der Waals surface area contributed by atoms with Crippen molar-refractivity contribution in [3.63, 3.8) is 0 Å². The summed E-state index contributed by atoms with van der Waals surface area (Å²) in [5.74, 6) is 0. The Morgan fingerprint density at radius 2 is 1.48 bits per heavy atom. The van der Waals surface area contributed by atoms with Crippen molar-refractivity contribution in [2.45, 2.75) is 98.5 Å². The topological polar surface area (TPSA) is 248 Å². The second-order valence-electron chi connectivity index (χ2n) is 9.30. The highest BCUT2D eigenvalue weighted by Gasteiger charge is 2.52. The van der Waals surface area contributed by atoms with Crippen molar-refractivity contribution in [2.24, 2.45) is 17.2 Å². The van der Waals surface area contributed by atoms with Crippen molar-refractivity contribution in [3.8, 4) is 0 Å². The molecule has 0 aromatic rings. The first-order valence-electron chi connectivity index (χ1n) is 11.0. The maximum atomic E-state index is 11.0. The van der Waals surface area contributed by atoms with E-state index in [0.29, 0.717) is 0 Å². The third-order valence-corrected chi connectivity index (χ3v) is 6.69. The Bertz CT molecular complexity index is 646. The molecule has 0 unspecified atom stereocenters. The number of aliphatic hydroxyl groups is 6. The maximum absolute atomic E-state index is 11.0. The number of likely N-dealkylation sites (N-methyl/N-ethyl adjacent to an activating group) is 1. The van der Waals surface area contributed by atoms with Crippen LogP contribution in [0.25, 0.3) is 0 Å². The van der Waals surface area contributed by atoms with Gasteiger partial charge in [0.05, 0.1) is 12.6 Å². The van der Waals surface area contributed by atoms with Gasteiger partial charge in [0.25, 0.3) is 0 Å². The van der Waals surface area contributed by atoms with Gasteiger partial charge in [0.2, 0.25) is 0 Å². The molecule has 14 atom stereocenters. The van der Waals surface area contributed by atoms with Gasteiger partial charge in [-0.25, -0.2) is 0 Å². The molecule has 2 aliphatic heterocycles. The minimum Gasteiger partial charge on any atom is -0.388 e. The molecule has 0 aromatic heterocycles. The van der Waals surface area contributed by atoms with Gasteiger partial charge in [-0.2, -0.15) is 0 Å². The molecule has 3 fully saturated rings. The maximum Gasteiger partial charge on any atom is 0.187 e. The van der Waals surface area contributed by atoms with Crippen LogP contribution in [0.4, 0.5) is 0 Å². The van der Waals surface area contributed by atoms with E-state index < -0.39 is 85.1 Å². The standard InChI is InChI=1S/C19H38N4O10/c1-19(29)5-30-17(13(28)16(19)23-2)32-14-6(21)3-7(22)15(12(14)27)33-18-11(26)10(25)9(24)8(4-20)31-18/h6-18,23-29H,3-5,20-22H2,1-2H3/t6-,7+,8+,9-,10-,11-,12-,13-,14-,15+,16+,17-,18-,19-/m1/s1. The van der Waals surface area contributed by atoms with Crippen LogP contribution in [0.2, 0.25) is 0 Å². The molecule has 14 heteroatoms. The van der Waals surface area contributed by atoms with Gasteiger partial charge in [0.15, 0.2) is 12.6 Å². The van der Waals surface area contributed by atoms with E-state index in [2.05, 4.69) is 5.32 Å². The van der Waals surface area contributed by atoms with Gasteiger partial charge in [-0.05, 0) is 20.4 Å². The third kappa shape index (κ3) is 5.34. The van der Waals surface area contributed by atoms with Gasteiger partial charge < -0.3 is 72.1 Å². The smallest absolute Gasteiger partial charge is 0.187 e. The van der Waals surface area contributed by atoms with Gasteiger partial charge in [0, 0.05) is 18.6 Å². The van der Waals surface area contributed by atoms with Gasteiger partial charge in [-0.1, -0.05) is 0 Å². The minimum atomic E-state index is -1.63. The fourth-order valence-corrected chi connectivity index (χ4v) is 4.74. The van der Waals surface area contributed by atoms with E-state index in [1.165, 1.54) is 6.92 Å². The average Bonchev–Trinajstić information content (AvgIpc) is 2.75. The zero-order valence-corrected chi connectivity index (χ0v) is 18.7. The van der Waals surface area contributed by atoms with Crippen LogP contribution >= 0.6 is 0 Å². The average molecular weight is 483 g/mol. The molecule has 0 radical (unpaired) electrons. The molecule has 2 saturated heterocycles. The lowest BCUT2D eigenvalue weighted by Gasteiger charge is -2.48. The summed E-state index contributed by atoms with van der Waals surface area (Å²) in [6, 6.07) is -2.30. The summed E-state index contributed by atoms with van der Waals surface area (Å²) in [6.45, 7) is 1.22. The van der Waals surface area contributed by atoms with Crippen molar-refractivity contribution in [1.29, 1.82) is 0 Å². The molecular weight excluding hydrogens is 444 g/mol. The van der Waals surface area contributed by atoms with Crippen LogP contribution < -0.4 is 22.5 Å². The van der Waals surface area contributed by atoms with Crippen molar-refractivity contribution in [2.75, 3.05) is 20.2 Å². The molecule has 0 amide bonds. The van der Waals surface area contributed by atoms with Crippen LogP contribution in [0.15, 0.2) is 0 Å². The Balaban J connectivity index is 1.71. The Labute approximate surface area is 191 Å². The minimum absolute atomic E-state index is 0.138. The Kier molecular flexibility index (Phi) is 8.68. The first-order valence-corrected chi connectivity index (χ1v) is 11.0. The molecule has 2 heterocycles. The molecule has 0 aromatic carbocycles. The fourth-order valence-electron chi connectivity index (χ4n) is 4.74. The van der Waals surface area contributed by atoms with Crippen molar-refractivity contribution in [1.82, 2.24) is 5.32 Å². The van der Waals surface area contributed by atoms with Crippen molar-refractivity contribution >= 4 is 0 Å². The fraction of sp³-hybridized carbons (Fsp3) is 1.00. The summed E-state index contributed by atoms with van der Waals surface area (Å²) in [6.07, 6.45) is -13.0. The number of hydrogen-bond donors (Lipinski definition) is 10. The summed E-state index contributed by atoms with van der Waals surface area (Å²) >= 11 is 0. The number of nitrogens with two attached hydrogens (primary N) is 3. The SMILES string of the molecule is CN[C@H]1[C@@H](O)[C@@H](O[C@H]2[C@@H](O)[C@@H](O[C@H]3O[C@@H](CN)[C@@H](O)[C@@H](O)[C@H]3O)[C@@H](N)C[C@H]2N)OC[C@@]1(C)O. The zero-order chi connectivity index (χ0) is 24.7. The van der Waals surface area contributed by atoms with E-state index in [1.54, 1.807) is 7.05 Å². The second kappa shape index (κ2) is 10.6. The molecule has 13 N–H and O–H groups in total. The third-order valence-electron chi connectivity index (χ3n) is 6.69. The Morgan fingerprint density at radius 1 is 0.909 bits per heavy atom. The molecule has 1 saturated carbocycles. The number of aliphatic hydroxyl groups excluding tert-OH is 5. The predicted molar refractivity (Wildman–Crippen MR) is 111 cm³/mol. The summed E-state index contributed by atoms with van der Waals surface area (Å²) in [5.41, 5.74) is 16.5. The Morgan fingerprint density at radius 3 is 2.03 bits per heavy atom. The van der Waals surface area contributed by atoms with Gasteiger partial charge in [-0.15, -0.1) is 0 Å². The molecule has 14 nitrogen and oxygen atoms in total. The Hall–Kier alpha value is -0.560. The highest BCUT2D eigenvalue weighted by Crippen LogP contribution is 2.31. The van der Waals surface area contributed by atoms with Crippen molar-refractivity contribution in [3.05, 3.63) is 0 Å². The first-order chi connectivity index (χ1) is 15.4. The highest BCUT2D eigenvalue weighted by molar-refractivity contribution is 5.02. The van der Waals surface area contributed by atoms with Crippen LogP contribution in [0.5, 0.6) is 0 Å². The number of ether oxygens (including phenoxy) is 4. The summed E-state index contributed by atoms with van der Waals surface area (Å²) in [5, 5.41) is 65.2. The summed E-state index contributed by atoms with van der Waals surface area (Å²) in [4.78, 5) is 0. The van der Waals surface area contributed by atoms with Crippen LogP contribution in [-0.2, 0) is 18.9 Å². The molecule has 3 aliphatic rings. The van der Waals surface area contributed by atoms with E-state index in [0.717, 1.165) is 0 Å². The normalized spacial score (nSPS) is 53.7. The summed E-state index contributed by atoms with van der Waals surface area (Å²) < 4.78 is 22.5. The lowest BCUT2D eigenvalue weighted by atomic mass is 9.84. The first kappa shape index (κ1) is 27.0. The van der Waals surface area contributed by atoms with E-state index in [1.807, 2.05) is 0 Å². The molecule has 0 bridgehead atoms. The highest BCUT2D eigenvalue weighted by atomic mass is 16.7. The predicted octanol–water partition coefficient (Wildman–Crippen LogP) is -6.00. The zero-order valence-electron chi connectivity index (χ0n) is 18.7. The largest absolute Gasteiger partial charge is 0.388 e. The van der Waals surface area contributed by atoms with E-state index >= 15 is 0 Å². The van der Waals surface area contributed by atoms with Crippen LogP contribution in [0.1, 0.15) is 13.3 Å². The number of rotatable bonds is 6. The van der Waals surface area contributed by atoms with E-state index in [4.69, 9.17) is 36.1 Å². The monoisotopic (exact) mass is 482 g/mol. The molecule has 33 heavy (non-hydrogen) atoms. The molecule has 0 spiro atoms. The number of nitrogens with one attached hydrogen (secondary N) is 1. The summed E-state index contributed by atoms with van der Waals surface area (Å²) in [7, 11) is 1.57. The van der Waals surface area contributed by atoms with Crippen LogP contribution in [0.3, 0.4) is 0 Å². The molecule has 194 valence electrons. The molecule has 3 rings (SSSR count). The van der Waals surface area contributed by atoms with Gasteiger partial charge >= 0.3 is 0 Å². The van der Waals surface area contributed by atoms with E-state index in [9.17, 15) is 30.6 Å².